The minimum absolute atomic E-state index is 0.235. The number of benzene rings is 2. The summed E-state index contributed by atoms with van der Waals surface area (Å²) in [5.41, 5.74) is 3.81. The van der Waals surface area contributed by atoms with Gasteiger partial charge in [-0.3, -0.25) is 4.79 Å². The number of ether oxygens (including phenoxy) is 1. The summed E-state index contributed by atoms with van der Waals surface area (Å²) >= 11 is 6.10. The maximum absolute atomic E-state index is 12.5. The third-order valence-electron chi connectivity index (χ3n) is 4.40. The molecule has 0 aliphatic heterocycles. The maximum atomic E-state index is 12.5. The summed E-state index contributed by atoms with van der Waals surface area (Å²) in [5.74, 6) is -0.638. The van der Waals surface area contributed by atoms with Crippen LogP contribution in [0.4, 0.5) is 5.69 Å². The number of esters is 1. The highest BCUT2D eigenvalue weighted by molar-refractivity contribution is 6.31. The number of carbonyl (C=O) groups is 2. The van der Waals surface area contributed by atoms with Gasteiger partial charge in [0.05, 0.1) is 24.2 Å². The fraction of sp³-hybridized carbons (Fsp3) is 0.190. The normalized spacial score (nSPS) is 10.6. The Balaban J connectivity index is 1.79. The van der Waals surface area contributed by atoms with E-state index in [0.29, 0.717) is 34.1 Å². The average Bonchev–Trinajstić information content (AvgIpc) is 3.07. The van der Waals surface area contributed by atoms with E-state index in [1.54, 1.807) is 61.0 Å². The fourth-order valence-electron chi connectivity index (χ4n) is 2.77. The quantitative estimate of drug-likeness (QED) is 0.640. The van der Waals surface area contributed by atoms with Crippen molar-refractivity contribution in [1.82, 2.24) is 9.78 Å². The van der Waals surface area contributed by atoms with Crippen LogP contribution in [-0.2, 0) is 4.74 Å². The van der Waals surface area contributed by atoms with E-state index in [1.807, 2.05) is 6.92 Å². The molecule has 0 saturated carbocycles. The highest BCUT2D eigenvalue weighted by Gasteiger charge is 2.16. The number of aromatic nitrogens is 2. The molecular formula is C21H20ClN3O3. The van der Waals surface area contributed by atoms with E-state index in [1.165, 1.54) is 6.20 Å². The lowest BCUT2D eigenvalue weighted by atomic mass is 10.1. The van der Waals surface area contributed by atoms with E-state index >= 15 is 0 Å². The summed E-state index contributed by atoms with van der Waals surface area (Å²) in [6.07, 6.45) is 1.48. The summed E-state index contributed by atoms with van der Waals surface area (Å²) in [6.45, 7) is 5.70. The number of anilines is 1. The molecule has 144 valence electrons. The first-order valence-corrected chi connectivity index (χ1v) is 9.18. The third-order valence-corrected chi connectivity index (χ3v) is 4.80. The van der Waals surface area contributed by atoms with Crippen LogP contribution < -0.4 is 5.32 Å². The van der Waals surface area contributed by atoms with Gasteiger partial charge in [-0.1, -0.05) is 17.7 Å². The summed E-state index contributed by atoms with van der Waals surface area (Å²) < 4.78 is 6.66. The summed E-state index contributed by atoms with van der Waals surface area (Å²) in [7, 11) is 0. The molecule has 1 heterocycles. The molecular weight excluding hydrogens is 378 g/mol. The van der Waals surface area contributed by atoms with Crippen LogP contribution in [-0.4, -0.2) is 28.3 Å². The Kier molecular flexibility index (Phi) is 5.80. The van der Waals surface area contributed by atoms with Gasteiger partial charge in [0.25, 0.3) is 5.91 Å². The lowest BCUT2D eigenvalue weighted by molar-refractivity contribution is 0.0525. The molecule has 28 heavy (non-hydrogen) atoms. The van der Waals surface area contributed by atoms with E-state index in [-0.39, 0.29) is 5.91 Å². The molecule has 6 nitrogen and oxygen atoms in total. The first-order chi connectivity index (χ1) is 13.4. The molecule has 0 radical (unpaired) electrons. The van der Waals surface area contributed by atoms with E-state index < -0.39 is 5.97 Å². The number of carbonyl (C=O) groups excluding carboxylic acids is 2. The second-order valence-electron chi connectivity index (χ2n) is 6.19. The predicted molar refractivity (Wildman–Crippen MR) is 108 cm³/mol. The SMILES string of the molecule is CCOC(=O)c1cnn(-c2ccc(C(=O)Nc3cccc(Cl)c3C)cc2)c1C. The Morgan fingerprint density at radius 3 is 2.54 bits per heavy atom. The molecule has 0 fully saturated rings. The van der Waals surface area contributed by atoms with E-state index in [2.05, 4.69) is 10.4 Å². The van der Waals surface area contributed by atoms with Gasteiger partial charge in [-0.05, 0) is 62.7 Å². The van der Waals surface area contributed by atoms with Crippen LogP contribution in [0.25, 0.3) is 5.69 Å². The Morgan fingerprint density at radius 1 is 1.14 bits per heavy atom. The van der Waals surface area contributed by atoms with Gasteiger partial charge in [0, 0.05) is 16.3 Å². The molecule has 3 rings (SSSR count). The zero-order valence-corrected chi connectivity index (χ0v) is 16.6. The van der Waals surface area contributed by atoms with Crippen LogP contribution in [0.3, 0.4) is 0 Å². The first-order valence-electron chi connectivity index (χ1n) is 8.81. The van der Waals surface area contributed by atoms with Crippen molar-refractivity contribution in [2.24, 2.45) is 0 Å². The van der Waals surface area contributed by atoms with Crippen LogP contribution >= 0.6 is 11.6 Å². The monoisotopic (exact) mass is 397 g/mol. The molecule has 3 aromatic rings. The topological polar surface area (TPSA) is 73.2 Å². The fourth-order valence-corrected chi connectivity index (χ4v) is 2.95. The van der Waals surface area contributed by atoms with Gasteiger partial charge in [-0.2, -0.15) is 5.10 Å². The predicted octanol–water partition coefficient (Wildman–Crippen LogP) is 4.57. The zero-order valence-electron chi connectivity index (χ0n) is 15.8. The Morgan fingerprint density at radius 2 is 1.86 bits per heavy atom. The van der Waals surface area contributed by atoms with Crippen molar-refractivity contribution in [1.29, 1.82) is 0 Å². The van der Waals surface area contributed by atoms with E-state index in [9.17, 15) is 9.59 Å². The maximum Gasteiger partial charge on any atom is 0.341 e. The largest absolute Gasteiger partial charge is 0.462 e. The number of nitrogens with zero attached hydrogens (tertiary/aromatic N) is 2. The second kappa shape index (κ2) is 8.27. The van der Waals surface area contributed by atoms with Crippen molar-refractivity contribution in [3.05, 3.63) is 76.1 Å². The van der Waals surface area contributed by atoms with Crippen LogP contribution in [0, 0.1) is 13.8 Å². The Labute approximate surface area is 168 Å². The average molecular weight is 398 g/mol. The standard InChI is InChI=1S/C21H20ClN3O3/c1-4-28-21(27)17-12-23-25(14(17)3)16-10-8-15(9-11-16)20(26)24-19-7-5-6-18(22)13(19)2/h5-12H,4H2,1-3H3,(H,24,26). The van der Waals surface area contributed by atoms with Crippen LogP contribution in [0.1, 0.15) is 38.9 Å². The zero-order chi connectivity index (χ0) is 20.3. The summed E-state index contributed by atoms with van der Waals surface area (Å²) in [5, 5.41) is 7.71. The second-order valence-corrected chi connectivity index (χ2v) is 6.60. The molecule has 7 heteroatoms. The minimum atomic E-state index is -0.404. The molecule has 0 aliphatic rings. The number of hydrogen-bond acceptors (Lipinski definition) is 4. The smallest absolute Gasteiger partial charge is 0.341 e. The van der Waals surface area contributed by atoms with Crippen molar-refractivity contribution in [3.8, 4) is 5.69 Å². The van der Waals surface area contributed by atoms with Crippen molar-refractivity contribution in [3.63, 3.8) is 0 Å². The highest BCUT2D eigenvalue weighted by atomic mass is 35.5. The van der Waals surface area contributed by atoms with E-state index in [4.69, 9.17) is 16.3 Å². The van der Waals surface area contributed by atoms with Gasteiger partial charge < -0.3 is 10.1 Å². The van der Waals surface area contributed by atoms with Gasteiger partial charge in [0.15, 0.2) is 0 Å². The van der Waals surface area contributed by atoms with Gasteiger partial charge in [-0.25, -0.2) is 9.48 Å². The first kappa shape index (κ1) is 19.6. The molecule has 0 aliphatic carbocycles. The Hall–Kier alpha value is -3.12. The minimum Gasteiger partial charge on any atom is -0.462 e. The number of hydrogen-bond donors (Lipinski definition) is 1. The van der Waals surface area contributed by atoms with Crippen molar-refractivity contribution in [2.75, 3.05) is 11.9 Å². The van der Waals surface area contributed by atoms with Gasteiger partial charge in [0.2, 0.25) is 0 Å². The molecule has 0 spiro atoms. The highest BCUT2D eigenvalue weighted by Crippen LogP contribution is 2.23. The molecule has 2 aromatic carbocycles. The van der Waals surface area contributed by atoms with Crippen LogP contribution in [0.5, 0.6) is 0 Å². The van der Waals surface area contributed by atoms with E-state index in [0.717, 1.165) is 11.3 Å². The van der Waals surface area contributed by atoms with Crippen molar-refractivity contribution in [2.45, 2.75) is 20.8 Å². The molecule has 0 saturated heterocycles. The molecule has 0 atom stereocenters. The number of halogens is 1. The Bertz CT molecular complexity index is 1030. The number of amides is 1. The van der Waals surface area contributed by atoms with Gasteiger partial charge in [0.1, 0.15) is 5.56 Å². The summed E-state index contributed by atoms with van der Waals surface area (Å²) in [6, 6.07) is 12.3. The molecule has 0 unspecified atom stereocenters. The lowest BCUT2D eigenvalue weighted by Crippen LogP contribution is -2.13. The van der Waals surface area contributed by atoms with Gasteiger partial charge in [-0.15, -0.1) is 0 Å². The van der Waals surface area contributed by atoms with Gasteiger partial charge >= 0.3 is 5.97 Å². The van der Waals surface area contributed by atoms with Crippen molar-refractivity contribution < 1.29 is 14.3 Å². The lowest BCUT2D eigenvalue weighted by Gasteiger charge is -2.10. The third kappa shape index (κ3) is 3.92. The number of nitrogens with one attached hydrogen (secondary N) is 1. The molecule has 1 aromatic heterocycles. The van der Waals surface area contributed by atoms with Crippen molar-refractivity contribution >= 4 is 29.2 Å². The van der Waals surface area contributed by atoms with Crippen LogP contribution in [0.15, 0.2) is 48.7 Å². The van der Waals surface area contributed by atoms with Crippen LogP contribution in [0.2, 0.25) is 5.02 Å². The molecule has 1 amide bonds. The number of rotatable bonds is 5. The summed E-state index contributed by atoms with van der Waals surface area (Å²) in [4.78, 5) is 24.5. The molecule has 1 N–H and O–H groups in total. The molecule has 0 bridgehead atoms.